The van der Waals surface area contributed by atoms with E-state index >= 15 is 0 Å². The number of carboxylic acid groups (broad SMARTS) is 1. The topological polar surface area (TPSA) is 104 Å². The highest BCUT2D eigenvalue weighted by atomic mass is 16.5. The molecule has 0 saturated heterocycles. The highest BCUT2D eigenvalue weighted by Gasteiger charge is 2.19. The second kappa shape index (κ2) is 5.87. The average molecular weight is 275 g/mol. The van der Waals surface area contributed by atoms with Gasteiger partial charge in [0.25, 0.3) is 5.91 Å². The number of aromatic amines is 1. The minimum atomic E-state index is -1.24. The average Bonchev–Trinajstić information content (AvgIpc) is 2.89. The molecule has 20 heavy (non-hydrogen) atoms. The third kappa shape index (κ3) is 2.94. The van der Waals surface area contributed by atoms with Gasteiger partial charge in [-0.2, -0.15) is 0 Å². The van der Waals surface area contributed by atoms with Crippen LogP contribution >= 0.6 is 0 Å². The molecule has 0 unspecified atom stereocenters. The molecule has 2 aromatic rings. The smallest absolute Gasteiger partial charge is 0.354 e. The zero-order valence-electron chi connectivity index (χ0n) is 10.7. The monoisotopic (exact) mass is 275 g/mol. The van der Waals surface area contributed by atoms with E-state index in [1.807, 2.05) is 6.92 Å². The van der Waals surface area contributed by atoms with E-state index < -0.39 is 11.9 Å². The predicted octanol–water partition coefficient (Wildman–Crippen LogP) is 1.76. The Morgan fingerprint density at radius 3 is 2.95 bits per heavy atom. The fraction of sp³-hybridized carbons (Fsp3) is 0.154. The van der Waals surface area contributed by atoms with Gasteiger partial charge in [0.05, 0.1) is 12.9 Å². The number of imidazole rings is 1. The number of carbonyl (C=O) groups excluding carboxylic acids is 1. The first kappa shape index (κ1) is 13.6. The van der Waals surface area contributed by atoms with Crippen molar-refractivity contribution in [3.8, 4) is 5.75 Å². The summed E-state index contributed by atoms with van der Waals surface area (Å²) in [6, 6.07) is 6.81. The molecule has 1 amide bonds. The van der Waals surface area contributed by atoms with Crippen LogP contribution in [0, 0.1) is 0 Å². The number of ether oxygens (including phenoxy) is 1. The Hall–Kier alpha value is -2.83. The van der Waals surface area contributed by atoms with Crippen LogP contribution < -0.4 is 10.1 Å². The first-order valence-corrected chi connectivity index (χ1v) is 5.92. The van der Waals surface area contributed by atoms with Gasteiger partial charge >= 0.3 is 5.97 Å². The fourth-order valence-corrected chi connectivity index (χ4v) is 1.65. The Bertz CT molecular complexity index is 636. The maximum Gasteiger partial charge on any atom is 0.354 e. The molecule has 2 rings (SSSR count). The molecule has 1 aromatic heterocycles. The van der Waals surface area contributed by atoms with Crippen molar-refractivity contribution in [1.29, 1.82) is 0 Å². The minimum Gasteiger partial charge on any atom is -0.494 e. The maximum absolute atomic E-state index is 12.0. The Morgan fingerprint density at radius 2 is 2.25 bits per heavy atom. The van der Waals surface area contributed by atoms with Gasteiger partial charge in [-0.3, -0.25) is 4.79 Å². The minimum absolute atomic E-state index is 0.167. The number of rotatable bonds is 5. The zero-order chi connectivity index (χ0) is 14.5. The van der Waals surface area contributed by atoms with Crippen LogP contribution in [-0.2, 0) is 0 Å². The number of amides is 1. The summed E-state index contributed by atoms with van der Waals surface area (Å²) in [4.78, 5) is 29.0. The lowest BCUT2D eigenvalue weighted by atomic mass is 10.2. The standard InChI is InChI=1S/C13H13N3O4/c1-2-20-9-5-3-4-8(6-9)16-12(17)10-11(13(18)19)15-7-14-10/h3-7H,2H2,1H3,(H,14,15)(H,16,17)(H,18,19). The summed E-state index contributed by atoms with van der Waals surface area (Å²) < 4.78 is 5.31. The van der Waals surface area contributed by atoms with Gasteiger partial charge in [0.1, 0.15) is 5.75 Å². The molecule has 0 bridgehead atoms. The van der Waals surface area contributed by atoms with E-state index in [9.17, 15) is 9.59 Å². The van der Waals surface area contributed by atoms with E-state index in [1.54, 1.807) is 24.3 Å². The van der Waals surface area contributed by atoms with Crippen LogP contribution in [0.1, 0.15) is 27.9 Å². The van der Waals surface area contributed by atoms with Crippen LogP contribution in [-0.4, -0.2) is 33.6 Å². The number of hydrogen-bond acceptors (Lipinski definition) is 4. The maximum atomic E-state index is 12.0. The number of nitrogens with zero attached hydrogens (tertiary/aromatic N) is 1. The Morgan fingerprint density at radius 1 is 1.45 bits per heavy atom. The highest BCUT2D eigenvalue weighted by molar-refractivity contribution is 6.08. The van der Waals surface area contributed by atoms with Gasteiger partial charge in [-0.25, -0.2) is 9.78 Å². The first-order valence-electron chi connectivity index (χ1n) is 5.92. The molecule has 0 aliphatic heterocycles. The molecule has 3 N–H and O–H groups in total. The van der Waals surface area contributed by atoms with E-state index in [4.69, 9.17) is 9.84 Å². The van der Waals surface area contributed by atoms with E-state index in [0.717, 1.165) is 6.33 Å². The van der Waals surface area contributed by atoms with Gasteiger partial charge in [0.15, 0.2) is 11.4 Å². The molecule has 1 heterocycles. The van der Waals surface area contributed by atoms with Gasteiger partial charge in [0, 0.05) is 11.8 Å². The quantitative estimate of drug-likeness (QED) is 0.771. The molecular formula is C13H13N3O4. The molecule has 1 aromatic carbocycles. The van der Waals surface area contributed by atoms with Crippen LogP contribution in [0.3, 0.4) is 0 Å². The number of hydrogen-bond donors (Lipinski definition) is 3. The number of carboxylic acids is 1. The normalized spacial score (nSPS) is 10.1. The van der Waals surface area contributed by atoms with Gasteiger partial charge in [-0.1, -0.05) is 6.07 Å². The van der Waals surface area contributed by atoms with Crippen molar-refractivity contribution in [2.24, 2.45) is 0 Å². The summed E-state index contributed by atoms with van der Waals surface area (Å²) in [5, 5.41) is 11.5. The van der Waals surface area contributed by atoms with Gasteiger partial charge in [-0.05, 0) is 19.1 Å². The molecule has 0 saturated carbocycles. The summed E-state index contributed by atoms with van der Waals surface area (Å²) in [6.45, 7) is 2.37. The highest BCUT2D eigenvalue weighted by Crippen LogP contribution is 2.18. The third-order valence-electron chi connectivity index (χ3n) is 2.47. The van der Waals surface area contributed by atoms with Crippen molar-refractivity contribution in [2.75, 3.05) is 11.9 Å². The fourth-order valence-electron chi connectivity index (χ4n) is 1.65. The van der Waals surface area contributed by atoms with Crippen LogP contribution in [0.5, 0.6) is 5.75 Å². The van der Waals surface area contributed by atoms with Crippen molar-refractivity contribution in [1.82, 2.24) is 9.97 Å². The van der Waals surface area contributed by atoms with Gasteiger partial charge < -0.3 is 20.1 Å². The SMILES string of the molecule is CCOc1cccc(NC(=O)c2nc[nH]c2C(=O)O)c1. The Kier molecular flexibility index (Phi) is 3.99. The second-order valence-electron chi connectivity index (χ2n) is 3.85. The van der Waals surface area contributed by atoms with E-state index in [-0.39, 0.29) is 11.4 Å². The molecule has 0 spiro atoms. The molecule has 0 aliphatic rings. The van der Waals surface area contributed by atoms with Crippen LogP contribution in [0.4, 0.5) is 5.69 Å². The Balaban J connectivity index is 2.17. The van der Waals surface area contributed by atoms with Gasteiger partial charge in [-0.15, -0.1) is 0 Å². The largest absolute Gasteiger partial charge is 0.494 e. The predicted molar refractivity (Wildman–Crippen MR) is 71.1 cm³/mol. The summed E-state index contributed by atoms with van der Waals surface area (Å²) >= 11 is 0. The number of anilines is 1. The molecule has 7 nitrogen and oxygen atoms in total. The zero-order valence-corrected chi connectivity index (χ0v) is 10.7. The number of aromatic nitrogens is 2. The van der Waals surface area contributed by atoms with Crippen molar-refractivity contribution in [3.63, 3.8) is 0 Å². The molecule has 0 atom stereocenters. The van der Waals surface area contributed by atoms with Crippen LogP contribution in [0.15, 0.2) is 30.6 Å². The summed E-state index contributed by atoms with van der Waals surface area (Å²) in [7, 11) is 0. The van der Waals surface area contributed by atoms with Crippen LogP contribution in [0.25, 0.3) is 0 Å². The second-order valence-corrected chi connectivity index (χ2v) is 3.85. The molecule has 0 aliphatic carbocycles. The summed E-state index contributed by atoms with van der Waals surface area (Å²) in [5.41, 5.74) is 0.0862. The molecule has 104 valence electrons. The summed E-state index contributed by atoms with van der Waals surface area (Å²) in [5.74, 6) is -1.22. The molecule has 0 fully saturated rings. The van der Waals surface area contributed by atoms with Crippen molar-refractivity contribution in [3.05, 3.63) is 42.0 Å². The number of aromatic carboxylic acids is 1. The number of benzene rings is 1. The lowest BCUT2D eigenvalue weighted by Crippen LogP contribution is -2.16. The molecule has 0 radical (unpaired) electrons. The Labute approximate surface area is 114 Å². The van der Waals surface area contributed by atoms with Crippen LogP contribution in [0.2, 0.25) is 0 Å². The number of nitrogens with one attached hydrogen (secondary N) is 2. The summed E-state index contributed by atoms with van der Waals surface area (Å²) in [6.07, 6.45) is 1.16. The van der Waals surface area contributed by atoms with Gasteiger partial charge in [0.2, 0.25) is 0 Å². The van der Waals surface area contributed by atoms with E-state index in [0.29, 0.717) is 18.0 Å². The molecular weight excluding hydrogens is 262 g/mol. The lowest BCUT2D eigenvalue weighted by Gasteiger charge is -2.07. The van der Waals surface area contributed by atoms with Crippen molar-refractivity contribution >= 4 is 17.6 Å². The lowest BCUT2D eigenvalue weighted by molar-refractivity contribution is 0.0686. The van der Waals surface area contributed by atoms with E-state index in [1.165, 1.54) is 0 Å². The van der Waals surface area contributed by atoms with Crippen molar-refractivity contribution in [2.45, 2.75) is 6.92 Å². The van der Waals surface area contributed by atoms with Crippen molar-refractivity contribution < 1.29 is 19.4 Å². The number of H-pyrrole nitrogens is 1. The molecule has 7 heteroatoms. The van der Waals surface area contributed by atoms with E-state index in [2.05, 4.69) is 15.3 Å². The third-order valence-corrected chi connectivity index (χ3v) is 2.47. The number of carbonyl (C=O) groups is 2. The first-order chi connectivity index (χ1) is 9.61.